The molecule has 1 aromatic carbocycles. The third-order valence-corrected chi connectivity index (χ3v) is 5.14. The predicted molar refractivity (Wildman–Crippen MR) is 106 cm³/mol. The topological polar surface area (TPSA) is 38.8 Å². The molecule has 0 N–H and O–H groups in total. The maximum absolute atomic E-state index is 12.2. The molecule has 2 rings (SSSR count). The van der Waals surface area contributed by atoms with E-state index >= 15 is 0 Å². The number of carbonyl (C=O) groups excluding carboxylic acids is 1. The lowest BCUT2D eigenvalue weighted by Crippen LogP contribution is -2.30. The van der Waals surface area contributed by atoms with Crippen molar-refractivity contribution in [3.05, 3.63) is 23.2 Å². The Labute approximate surface area is 162 Å². The second-order valence-corrected chi connectivity index (χ2v) is 7.85. The smallest absolute Gasteiger partial charge is 0.311 e. The van der Waals surface area contributed by atoms with Crippen molar-refractivity contribution in [1.82, 2.24) is 4.90 Å². The molecule has 0 radical (unpaired) electrons. The highest BCUT2D eigenvalue weighted by atomic mass is 35.5. The molecular weight excluding hydrogens is 350 g/mol. The number of nitrogens with zero attached hydrogens (tertiary/aromatic N) is 1. The van der Waals surface area contributed by atoms with Crippen LogP contribution < -0.4 is 9.47 Å². The summed E-state index contributed by atoms with van der Waals surface area (Å²) in [6.07, 6.45) is 6.85. The van der Waals surface area contributed by atoms with Crippen LogP contribution >= 0.6 is 11.6 Å². The first-order valence-electron chi connectivity index (χ1n) is 9.85. The lowest BCUT2D eigenvalue weighted by atomic mass is 10.0. The van der Waals surface area contributed by atoms with Gasteiger partial charge in [0, 0.05) is 30.0 Å². The van der Waals surface area contributed by atoms with Gasteiger partial charge >= 0.3 is 5.97 Å². The molecule has 0 aromatic heterocycles. The Morgan fingerprint density at radius 3 is 2.85 bits per heavy atom. The quantitative estimate of drug-likeness (QED) is 0.347. The molecule has 0 saturated carbocycles. The van der Waals surface area contributed by atoms with E-state index in [1.54, 1.807) is 12.1 Å². The van der Waals surface area contributed by atoms with Gasteiger partial charge in [-0.2, -0.15) is 0 Å². The van der Waals surface area contributed by atoms with Crippen molar-refractivity contribution in [3.63, 3.8) is 0 Å². The van der Waals surface area contributed by atoms with Gasteiger partial charge in [0.05, 0.1) is 0 Å². The summed E-state index contributed by atoms with van der Waals surface area (Å²) in [5.74, 6) is 1.23. The number of carbonyl (C=O) groups is 1. The third-order valence-electron chi connectivity index (χ3n) is 4.91. The second-order valence-electron chi connectivity index (χ2n) is 7.41. The summed E-state index contributed by atoms with van der Waals surface area (Å²) >= 11 is 6.11. The average molecular weight is 382 g/mol. The summed E-state index contributed by atoms with van der Waals surface area (Å²) in [7, 11) is 2.15. The molecule has 1 fully saturated rings. The highest BCUT2D eigenvalue weighted by Gasteiger charge is 2.25. The Morgan fingerprint density at radius 1 is 1.27 bits per heavy atom. The molecule has 0 spiro atoms. The van der Waals surface area contributed by atoms with E-state index in [0.717, 1.165) is 51.6 Å². The zero-order valence-corrected chi connectivity index (χ0v) is 17.1. The van der Waals surface area contributed by atoms with Crippen molar-refractivity contribution in [2.24, 2.45) is 5.92 Å². The molecule has 2 atom stereocenters. The summed E-state index contributed by atoms with van der Waals surface area (Å²) in [5, 5.41) is 0.541. The minimum atomic E-state index is -0.220. The first-order chi connectivity index (χ1) is 12.5. The summed E-state index contributed by atoms with van der Waals surface area (Å²) in [5.41, 5.74) is 0. The first kappa shape index (κ1) is 21.0. The summed E-state index contributed by atoms with van der Waals surface area (Å²) < 4.78 is 11.8. The van der Waals surface area contributed by atoms with E-state index in [-0.39, 0.29) is 12.1 Å². The van der Waals surface area contributed by atoms with Crippen molar-refractivity contribution in [3.8, 4) is 11.5 Å². The molecule has 1 aliphatic rings. The van der Waals surface area contributed by atoms with E-state index < -0.39 is 0 Å². The second kappa shape index (κ2) is 10.8. The average Bonchev–Trinajstić information content (AvgIpc) is 2.74. The minimum absolute atomic E-state index is 0.114. The van der Waals surface area contributed by atoms with Crippen molar-refractivity contribution in [2.45, 2.75) is 64.9 Å². The number of likely N-dealkylation sites (tertiary alicyclic amines) is 1. The Hall–Kier alpha value is -1.26. The van der Waals surface area contributed by atoms with Crippen molar-refractivity contribution >= 4 is 17.6 Å². The summed E-state index contributed by atoms with van der Waals surface area (Å²) in [6.45, 7) is 6.46. The van der Waals surface area contributed by atoms with Crippen LogP contribution in [0.15, 0.2) is 18.2 Å². The van der Waals surface area contributed by atoms with E-state index in [0.29, 0.717) is 28.9 Å². The molecule has 1 aliphatic heterocycles. The predicted octanol–water partition coefficient (Wildman–Crippen LogP) is 5.32. The van der Waals surface area contributed by atoms with Gasteiger partial charge in [-0.3, -0.25) is 4.79 Å². The van der Waals surface area contributed by atoms with Crippen LogP contribution in [0.5, 0.6) is 11.5 Å². The van der Waals surface area contributed by atoms with Crippen LogP contribution in [0.3, 0.4) is 0 Å². The minimum Gasteiger partial charge on any atom is -0.486 e. The van der Waals surface area contributed by atoms with Crippen molar-refractivity contribution in [1.29, 1.82) is 0 Å². The Morgan fingerprint density at radius 2 is 2.08 bits per heavy atom. The van der Waals surface area contributed by atoms with Gasteiger partial charge in [-0.05, 0) is 45.0 Å². The highest BCUT2D eigenvalue weighted by molar-refractivity contribution is 6.30. The van der Waals surface area contributed by atoms with Gasteiger partial charge in [-0.1, -0.05) is 44.7 Å². The lowest BCUT2D eigenvalue weighted by molar-refractivity contribution is -0.134. The van der Waals surface area contributed by atoms with Crippen molar-refractivity contribution < 1.29 is 14.3 Å². The van der Waals surface area contributed by atoms with E-state index in [9.17, 15) is 4.79 Å². The summed E-state index contributed by atoms with van der Waals surface area (Å²) in [6, 6.07) is 5.26. The number of rotatable bonds is 8. The van der Waals surface area contributed by atoms with Crippen LogP contribution in [0.2, 0.25) is 5.02 Å². The molecule has 2 unspecified atom stereocenters. The van der Waals surface area contributed by atoms with Crippen LogP contribution in [0, 0.1) is 5.92 Å². The zero-order chi connectivity index (χ0) is 18.9. The largest absolute Gasteiger partial charge is 0.486 e. The fourth-order valence-corrected chi connectivity index (χ4v) is 3.58. The number of ether oxygens (including phenoxy) is 2. The Balaban J connectivity index is 2.01. The Bertz CT molecular complexity index is 578. The van der Waals surface area contributed by atoms with Gasteiger partial charge < -0.3 is 14.4 Å². The zero-order valence-electron chi connectivity index (χ0n) is 16.3. The summed E-state index contributed by atoms with van der Waals surface area (Å²) in [4.78, 5) is 14.5. The van der Waals surface area contributed by atoms with E-state index in [1.165, 1.54) is 0 Å². The van der Waals surface area contributed by atoms with Gasteiger partial charge in [-0.25, -0.2) is 0 Å². The van der Waals surface area contributed by atoms with Gasteiger partial charge in [0.15, 0.2) is 11.5 Å². The van der Waals surface area contributed by atoms with E-state index in [1.807, 2.05) is 6.07 Å². The molecule has 0 amide bonds. The molecule has 5 heteroatoms. The Kier molecular flexibility index (Phi) is 8.73. The van der Waals surface area contributed by atoms with Gasteiger partial charge in [0.2, 0.25) is 0 Å². The molecule has 0 aliphatic carbocycles. The normalized spacial score (nSPS) is 21.2. The number of hydrogen-bond acceptors (Lipinski definition) is 4. The number of halogens is 1. The molecule has 0 bridgehead atoms. The van der Waals surface area contributed by atoms with Gasteiger partial charge in [0.1, 0.15) is 6.10 Å². The van der Waals surface area contributed by atoms with E-state index in [2.05, 4.69) is 25.8 Å². The molecule has 1 aromatic rings. The van der Waals surface area contributed by atoms with Gasteiger partial charge in [0.25, 0.3) is 0 Å². The molecule has 4 nitrogen and oxygen atoms in total. The van der Waals surface area contributed by atoms with Crippen LogP contribution in [0.1, 0.15) is 58.8 Å². The van der Waals surface area contributed by atoms with Crippen LogP contribution in [-0.2, 0) is 4.79 Å². The number of benzene rings is 1. The molecular formula is C21H32ClNO3. The lowest BCUT2D eigenvalue weighted by Gasteiger charge is -2.25. The maximum atomic E-state index is 12.2. The SMILES string of the molecule is CCCCCCC(=O)Oc1cc(Cl)ccc1OC1CCCN(C)CC1C. The van der Waals surface area contributed by atoms with Crippen LogP contribution in [0.25, 0.3) is 0 Å². The third kappa shape index (κ3) is 6.81. The number of unbranched alkanes of at least 4 members (excludes halogenated alkanes) is 3. The molecule has 1 saturated heterocycles. The molecule has 1 heterocycles. The highest BCUT2D eigenvalue weighted by Crippen LogP contribution is 2.33. The number of hydrogen-bond donors (Lipinski definition) is 0. The first-order valence-corrected chi connectivity index (χ1v) is 10.2. The monoisotopic (exact) mass is 381 g/mol. The fourth-order valence-electron chi connectivity index (χ4n) is 3.41. The van der Waals surface area contributed by atoms with Crippen LogP contribution in [0.4, 0.5) is 0 Å². The molecule has 26 heavy (non-hydrogen) atoms. The number of esters is 1. The van der Waals surface area contributed by atoms with Crippen LogP contribution in [-0.4, -0.2) is 37.1 Å². The molecule has 146 valence electrons. The fraction of sp³-hybridized carbons (Fsp3) is 0.667. The maximum Gasteiger partial charge on any atom is 0.311 e. The van der Waals surface area contributed by atoms with Gasteiger partial charge in [-0.15, -0.1) is 0 Å². The van der Waals surface area contributed by atoms with E-state index in [4.69, 9.17) is 21.1 Å². The van der Waals surface area contributed by atoms with Crippen molar-refractivity contribution in [2.75, 3.05) is 20.1 Å². The standard InChI is InChI=1S/C21H32ClNO3/c1-4-5-6-7-10-21(24)26-20-14-17(22)11-12-19(20)25-18-9-8-13-23(3)15-16(18)2/h11-12,14,16,18H,4-10,13,15H2,1-3H3.